The van der Waals surface area contributed by atoms with Crippen LogP contribution in [0.25, 0.3) is 0 Å². The van der Waals surface area contributed by atoms with Gasteiger partial charge in [-0.05, 0) is 44.4 Å². The zero-order valence-electron chi connectivity index (χ0n) is 18.1. The third kappa shape index (κ3) is 6.82. The highest BCUT2D eigenvalue weighted by atomic mass is 127. The van der Waals surface area contributed by atoms with Gasteiger partial charge in [0.05, 0.1) is 0 Å². The number of guanidine groups is 1. The van der Waals surface area contributed by atoms with Crippen LogP contribution in [0.1, 0.15) is 44.3 Å². The highest BCUT2D eigenvalue weighted by molar-refractivity contribution is 14.0. The zero-order valence-corrected chi connectivity index (χ0v) is 20.4. The molecule has 1 aromatic heterocycles. The molecule has 0 spiro atoms. The first-order valence-electron chi connectivity index (χ1n) is 10.5. The SMILES string of the molecule is CCCCNC(=NCc1nnc(C)n1C)NC1CCCN(c2cccc(F)c2)C1.I. The number of nitrogens with one attached hydrogen (secondary N) is 2. The van der Waals surface area contributed by atoms with Gasteiger partial charge in [0.2, 0.25) is 0 Å². The molecule has 0 amide bonds. The van der Waals surface area contributed by atoms with Crippen LogP contribution in [0.3, 0.4) is 0 Å². The van der Waals surface area contributed by atoms with E-state index < -0.39 is 0 Å². The quantitative estimate of drug-likeness (QED) is 0.249. The Hall–Kier alpha value is -1.91. The minimum absolute atomic E-state index is 0. The summed E-state index contributed by atoms with van der Waals surface area (Å²) in [7, 11) is 1.95. The molecule has 1 aliphatic heterocycles. The first kappa shape index (κ1) is 24.4. The van der Waals surface area contributed by atoms with Gasteiger partial charge in [-0.1, -0.05) is 19.4 Å². The van der Waals surface area contributed by atoms with E-state index in [2.05, 4.69) is 32.7 Å². The van der Waals surface area contributed by atoms with Crippen molar-refractivity contribution >= 4 is 35.6 Å². The molecular formula is C21H33FIN7. The zero-order chi connectivity index (χ0) is 20.6. The second-order valence-electron chi connectivity index (χ2n) is 7.58. The summed E-state index contributed by atoms with van der Waals surface area (Å²) in [5.41, 5.74) is 0.934. The van der Waals surface area contributed by atoms with Crippen molar-refractivity contribution in [3.05, 3.63) is 41.7 Å². The van der Waals surface area contributed by atoms with E-state index in [1.54, 1.807) is 12.1 Å². The maximum Gasteiger partial charge on any atom is 0.191 e. The second-order valence-corrected chi connectivity index (χ2v) is 7.58. The van der Waals surface area contributed by atoms with Gasteiger partial charge in [0.25, 0.3) is 0 Å². The second kappa shape index (κ2) is 12.1. The minimum Gasteiger partial charge on any atom is -0.369 e. The van der Waals surface area contributed by atoms with Gasteiger partial charge in [0, 0.05) is 38.4 Å². The Bertz CT molecular complexity index is 823. The average Bonchev–Trinajstić information content (AvgIpc) is 3.04. The molecule has 0 bridgehead atoms. The lowest BCUT2D eigenvalue weighted by atomic mass is 10.0. The molecule has 7 nitrogen and oxygen atoms in total. The summed E-state index contributed by atoms with van der Waals surface area (Å²) < 4.78 is 15.6. The molecule has 0 saturated carbocycles. The van der Waals surface area contributed by atoms with Gasteiger partial charge in [-0.3, -0.25) is 0 Å². The third-order valence-electron chi connectivity index (χ3n) is 5.32. The van der Waals surface area contributed by atoms with Crippen LogP contribution in [0.4, 0.5) is 10.1 Å². The fourth-order valence-electron chi connectivity index (χ4n) is 3.47. The van der Waals surface area contributed by atoms with Crippen LogP contribution in [0, 0.1) is 12.7 Å². The van der Waals surface area contributed by atoms with Gasteiger partial charge in [0.15, 0.2) is 11.8 Å². The van der Waals surface area contributed by atoms with Gasteiger partial charge < -0.3 is 20.1 Å². The van der Waals surface area contributed by atoms with E-state index in [1.807, 2.05) is 24.6 Å². The number of hydrogen-bond acceptors (Lipinski definition) is 4. The van der Waals surface area contributed by atoms with Gasteiger partial charge in [-0.2, -0.15) is 0 Å². The average molecular weight is 529 g/mol. The highest BCUT2D eigenvalue weighted by Gasteiger charge is 2.21. The molecule has 9 heteroatoms. The molecule has 1 saturated heterocycles. The number of unbranched alkanes of at least 4 members (excludes halogenated alkanes) is 1. The molecule has 0 aliphatic carbocycles. The smallest absolute Gasteiger partial charge is 0.191 e. The van der Waals surface area contributed by atoms with E-state index in [0.717, 1.165) is 68.6 Å². The lowest BCUT2D eigenvalue weighted by Gasteiger charge is -2.35. The Balaban J connectivity index is 0.00000320. The number of rotatable bonds is 7. The van der Waals surface area contributed by atoms with Gasteiger partial charge in [0.1, 0.15) is 18.2 Å². The van der Waals surface area contributed by atoms with Gasteiger partial charge >= 0.3 is 0 Å². The lowest BCUT2D eigenvalue weighted by molar-refractivity contribution is 0.466. The van der Waals surface area contributed by atoms with Gasteiger partial charge in [-0.25, -0.2) is 9.38 Å². The number of hydrogen-bond donors (Lipinski definition) is 2. The number of anilines is 1. The van der Waals surface area contributed by atoms with Crippen molar-refractivity contribution < 1.29 is 4.39 Å². The predicted molar refractivity (Wildman–Crippen MR) is 130 cm³/mol. The Kier molecular flexibility index (Phi) is 9.80. The van der Waals surface area contributed by atoms with Crippen LogP contribution in [0.2, 0.25) is 0 Å². The summed E-state index contributed by atoms with van der Waals surface area (Å²) in [4.78, 5) is 6.97. The summed E-state index contributed by atoms with van der Waals surface area (Å²) in [6.07, 6.45) is 4.33. The number of halogens is 2. The molecule has 2 heterocycles. The van der Waals surface area contributed by atoms with Gasteiger partial charge in [-0.15, -0.1) is 34.2 Å². The summed E-state index contributed by atoms with van der Waals surface area (Å²) in [6, 6.07) is 7.08. The molecule has 30 heavy (non-hydrogen) atoms. The Morgan fingerprint density at radius 2 is 2.17 bits per heavy atom. The number of aryl methyl sites for hydroxylation is 1. The van der Waals surface area contributed by atoms with Crippen molar-refractivity contribution in [3.63, 3.8) is 0 Å². The van der Waals surface area contributed by atoms with Crippen molar-refractivity contribution in [3.8, 4) is 0 Å². The van der Waals surface area contributed by atoms with Crippen LogP contribution < -0.4 is 15.5 Å². The maximum absolute atomic E-state index is 13.6. The number of aromatic nitrogens is 3. The maximum atomic E-state index is 13.6. The first-order valence-corrected chi connectivity index (χ1v) is 10.5. The topological polar surface area (TPSA) is 70.4 Å². The van der Waals surface area contributed by atoms with E-state index >= 15 is 0 Å². The van der Waals surface area contributed by atoms with E-state index in [9.17, 15) is 4.39 Å². The van der Waals surface area contributed by atoms with Crippen LogP contribution >= 0.6 is 24.0 Å². The molecule has 166 valence electrons. The standard InChI is InChI=1S/C21H32FN7.HI/c1-4-5-11-23-21(24-14-20-27-26-16(2)28(20)3)25-18-9-7-12-29(15-18)19-10-6-8-17(22)13-19;/h6,8,10,13,18H,4-5,7,9,11-12,14-15H2,1-3H3,(H2,23,24,25);1H. The molecule has 0 radical (unpaired) electrons. The van der Waals surface area contributed by atoms with E-state index in [0.29, 0.717) is 6.54 Å². The van der Waals surface area contributed by atoms with Crippen molar-refractivity contribution in [2.75, 3.05) is 24.5 Å². The summed E-state index contributed by atoms with van der Waals surface area (Å²) >= 11 is 0. The summed E-state index contributed by atoms with van der Waals surface area (Å²) in [5.74, 6) is 2.32. The number of benzene rings is 1. The highest BCUT2D eigenvalue weighted by Crippen LogP contribution is 2.20. The Morgan fingerprint density at radius 1 is 1.33 bits per heavy atom. The molecule has 2 aromatic rings. The lowest BCUT2D eigenvalue weighted by Crippen LogP contribution is -2.51. The minimum atomic E-state index is -0.194. The number of aliphatic imine (C=N–C) groups is 1. The van der Waals surface area contributed by atoms with Crippen LogP contribution in [-0.4, -0.2) is 46.4 Å². The molecule has 3 rings (SSSR count). The number of piperidine rings is 1. The fraction of sp³-hybridized carbons (Fsp3) is 0.571. The van der Waals surface area contributed by atoms with Crippen LogP contribution in [-0.2, 0) is 13.6 Å². The Labute approximate surface area is 195 Å². The van der Waals surface area contributed by atoms with E-state index in [1.165, 1.54) is 6.07 Å². The Morgan fingerprint density at radius 3 is 2.87 bits per heavy atom. The first-order chi connectivity index (χ1) is 14.1. The molecule has 1 aliphatic rings. The van der Waals surface area contributed by atoms with Crippen LogP contribution in [0.15, 0.2) is 29.3 Å². The molecule has 1 fully saturated rings. The van der Waals surface area contributed by atoms with Crippen molar-refractivity contribution in [1.29, 1.82) is 0 Å². The molecule has 1 unspecified atom stereocenters. The molecule has 1 atom stereocenters. The van der Waals surface area contributed by atoms with Crippen molar-refractivity contribution in [1.82, 2.24) is 25.4 Å². The molecule has 1 aromatic carbocycles. The molecule has 2 N–H and O–H groups in total. The monoisotopic (exact) mass is 529 g/mol. The molecular weight excluding hydrogens is 496 g/mol. The number of nitrogens with zero attached hydrogens (tertiary/aromatic N) is 5. The van der Waals surface area contributed by atoms with E-state index in [4.69, 9.17) is 4.99 Å². The largest absolute Gasteiger partial charge is 0.369 e. The normalized spacial score (nSPS) is 16.9. The van der Waals surface area contributed by atoms with Crippen molar-refractivity contribution in [2.24, 2.45) is 12.0 Å². The summed E-state index contributed by atoms with van der Waals surface area (Å²) in [6.45, 7) is 7.21. The summed E-state index contributed by atoms with van der Waals surface area (Å²) in [5, 5.41) is 15.3. The van der Waals surface area contributed by atoms with Crippen LogP contribution in [0.5, 0.6) is 0 Å². The van der Waals surface area contributed by atoms with E-state index in [-0.39, 0.29) is 35.8 Å². The fourth-order valence-corrected chi connectivity index (χ4v) is 3.47. The third-order valence-corrected chi connectivity index (χ3v) is 5.32. The van der Waals surface area contributed by atoms with Crippen molar-refractivity contribution in [2.45, 2.75) is 52.1 Å². The predicted octanol–water partition coefficient (Wildman–Crippen LogP) is 3.38.